The average molecular weight is 445 g/mol. The number of aryl methyl sites for hydroxylation is 1. The summed E-state index contributed by atoms with van der Waals surface area (Å²) in [5, 5.41) is 13.2. The summed E-state index contributed by atoms with van der Waals surface area (Å²) >= 11 is 0. The molecule has 11 heteroatoms. The van der Waals surface area contributed by atoms with Crippen LogP contribution in [0, 0.1) is 18.2 Å². The van der Waals surface area contributed by atoms with Crippen LogP contribution in [-0.2, 0) is 15.6 Å². The molecule has 31 heavy (non-hydrogen) atoms. The number of benzene rings is 2. The number of halogens is 1. The smallest absolute Gasteiger partial charge is 0.311 e. The van der Waals surface area contributed by atoms with Crippen LogP contribution in [0.2, 0.25) is 0 Å². The number of rotatable bonds is 3. The first kappa shape index (κ1) is 20.8. The minimum Gasteiger partial charge on any atom is -0.432 e. The summed E-state index contributed by atoms with van der Waals surface area (Å²) in [6, 6.07) is 9.16. The van der Waals surface area contributed by atoms with Crippen molar-refractivity contribution in [1.82, 2.24) is 14.6 Å². The largest absolute Gasteiger partial charge is 0.432 e. The molecule has 4 rings (SSSR count). The van der Waals surface area contributed by atoms with Gasteiger partial charge in [-0.2, -0.15) is 0 Å². The zero-order valence-corrected chi connectivity index (χ0v) is 17.8. The van der Waals surface area contributed by atoms with E-state index in [1.54, 1.807) is 12.1 Å². The van der Waals surface area contributed by atoms with Crippen LogP contribution >= 0.6 is 0 Å². The average Bonchev–Trinajstić information content (AvgIpc) is 3.10. The molecule has 1 saturated heterocycles. The molecule has 1 aliphatic heterocycles. The van der Waals surface area contributed by atoms with Gasteiger partial charge in [0.25, 0.3) is 5.89 Å². The Morgan fingerprint density at radius 2 is 2.06 bits per heavy atom. The van der Waals surface area contributed by atoms with Crippen LogP contribution in [-0.4, -0.2) is 42.4 Å². The summed E-state index contributed by atoms with van der Waals surface area (Å²) in [6.07, 6.45) is 0. The molecule has 9 nitrogen and oxygen atoms in total. The van der Waals surface area contributed by atoms with Crippen LogP contribution in [0.1, 0.15) is 28.7 Å². The summed E-state index contributed by atoms with van der Waals surface area (Å²) in [7, 11) is -2.56. The molecular weight excluding hydrogens is 425 g/mol. The van der Waals surface area contributed by atoms with Crippen molar-refractivity contribution in [3.05, 3.63) is 59.2 Å². The molecule has 1 unspecified atom stereocenters. The third-order valence-electron chi connectivity index (χ3n) is 5.15. The van der Waals surface area contributed by atoms with Crippen LogP contribution in [0.25, 0.3) is 11.1 Å². The monoisotopic (exact) mass is 445 g/mol. The highest BCUT2D eigenvalue weighted by atomic mass is 32.2. The number of oxazole rings is 1. The second kappa shape index (κ2) is 7.05. The van der Waals surface area contributed by atoms with E-state index in [-0.39, 0.29) is 23.1 Å². The molecule has 162 valence electrons. The number of hydrogen-bond acceptors (Lipinski definition) is 6. The molecule has 0 saturated carbocycles. The zero-order chi connectivity index (χ0) is 22.6. The second-order valence-corrected chi connectivity index (χ2v) is 9.67. The molecule has 1 aliphatic rings. The van der Waals surface area contributed by atoms with Gasteiger partial charge in [0.05, 0.1) is 11.3 Å². The number of guanidine groups is 1. The molecule has 2 aromatic carbocycles. The lowest BCUT2D eigenvalue weighted by Gasteiger charge is -2.40. The second-order valence-electron chi connectivity index (χ2n) is 7.67. The number of sulfonamides is 1. The van der Waals surface area contributed by atoms with E-state index in [4.69, 9.17) is 9.83 Å². The maximum absolute atomic E-state index is 14.7. The molecule has 1 atom stereocenters. The van der Waals surface area contributed by atoms with Gasteiger partial charge in [-0.1, -0.05) is 6.07 Å². The Morgan fingerprint density at radius 1 is 1.32 bits per heavy atom. The molecule has 1 fully saturated rings. The van der Waals surface area contributed by atoms with Gasteiger partial charge in [-0.15, -0.1) is 0 Å². The lowest BCUT2D eigenvalue weighted by Crippen LogP contribution is -2.61. The minimum atomic E-state index is -3.81. The van der Waals surface area contributed by atoms with Gasteiger partial charge in [0.2, 0.25) is 16.0 Å². The summed E-state index contributed by atoms with van der Waals surface area (Å²) < 4.78 is 45.7. The summed E-state index contributed by atoms with van der Waals surface area (Å²) in [6.45, 7) is 3.37. The quantitative estimate of drug-likeness (QED) is 0.568. The standard InChI is InChI=1S/C20H20FN5O4S/c1-11-4-7-15-16(8-11)30-18(24-15)17(27)23-12-5-6-14(21)13(9-12)20(2)10-31(28,29)26(3)19(22)25-20/h4-9H,10H2,1-3H3,(H2,22,25)(H,23,27). The van der Waals surface area contributed by atoms with Gasteiger partial charge in [-0.25, -0.2) is 22.1 Å². The van der Waals surface area contributed by atoms with E-state index < -0.39 is 33.0 Å². The first-order valence-corrected chi connectivity index (χ1v) is 10.9. The van der Waals surface area contributed by atoms with Crippen molar-refractivity contribution in [2.75, 3.05) is 18.1 Å². The Balaban J connectivity index is 1.64. The maximum Gasteiger partial charge on any atom is 0.311 e. The maximum atomic E-state index is 14.7. The fraction of sp³-hybridized carbons (Fsp3) is 0.250. The fourth-order valence-corrected chi connectivity index (χ4v) is 4.94. The van der Waals surface area contributed by atoms with Gasteiger partial charge in [0.15, 0.2) is 5.58 Å². The lowest BCUT2D eigenvalue weighted by atomic mass is 9.93. The molecule has 3 N–H and O–H groups in total. The molecule has 0 bridgehead atoms. The van der Waals surface area contributed by atoms with Gasteiger partial charge in [0, 0.05) is 18.3 Å². The summed E-state index contributed by atoms with van der Waals surface area (Å²) in [4.78, 5) is 16.8. The van der Waals surface area contributed by atoms with E-state index in [0.717, 1.165) is 15.9 Å². The summed E-state index contributed by atoms with van der Waals surface area (Å²) in [5.41, 5.74) is 0.783. The van der Waals surface area contributed by atoms with E-state index in [9.17, 15) is 17.6 Å². The van der Waals surface area contributed by atoms with E-state index in [1.807, 2.05) is 13.0 Å². The van der Waals surface area contributed by atoms with Crippen molar-refractivity contribution >= 4 is 38.7 Å². The van der Waals surface area contributed by atoms with Gasteiger partial charge in [-0.3, -0.25) is 10.2 Å². The highest BCUT2D eigenvalue weighted by Crippen LogP contribution is 2.31. The molecule has 0 aliphatic carbocycles. The van der Waals surface area contributed by atoms with E-state index in [0.29, 0.717) is 11.1 Å². The van der Waals surface area contributed by atoms with Crippen molar-refractivity contribution in [2.24, 2.45) is 0 Å². The highest BCUT2D eigenvalue weighted by molar-refractivity contribution is 7.89. The first-order valence-electron chi connectivity index (χ1n) is 9.30. The van der Waals surface area contributed by atoms with E-state index in [2.05, 4.69) is 15.6 Å². The number of hydrogen-bond donors (Lipinski definition) is 3. The van der Waals surface area contributed by atoms with E-state index >= 15 is 0 Å². The van der Waals surface area contributed by atoms with Crippen LogP contribution in [0.5, 0.6) is 0 Å². The van der Waals surface area contributed by atoms with Crippen LogP contribution in [0.15, 0.2) is 40.8 Å². The molecule has 3 aromatic rings. The molecule has 1 aromatic heterocycles. The van der Waals surface area contributed by atoms with Crippen LogP contribution in [0.4, 0.5) is 10.1 Å². The first-order chi connectivity index (χ1) is 14.5. The Labute approximate surface area is 177 Å². The van der Waals surface area contributed by atoms with Gasteiger partial charge >= 0.3 is 5.91 Å². The van der Waals surface area contributed by atoms with Crippen LogP contribution in [0.3, 0.4) is 0 Å². The van der Waals surface area contributed by atoms with Crippen molar-refractivity contribution in [3.63, 3.8) is 0 Å². The number of anilines is 1. The predicted octanol–water partition coefficient (Wildman–Crippen LogP) is 2.54. The van der Waals surface area contributed by atoms with Crippen molar-refractivity contribution in [3.8, 4) is 0 Å². The van der Waals surface area contributed by atoms with E-state index in [1.165, 1.54) is 26.1 Å². The molecule has 0 spiro atoms. The normalized spacial score (nSPS) is 20.5. The summed E-state index contributed by atoms with van der Waals surface area (Å²) in [5.74, 6) is -2.28. The number of nitrogens with zero attached hydrogens (tertiary/aromatic N) is 2. The third-order valence-corrected chi connectivity index (χ3v) is 7.11. The number of amides is 1. The van der Waals surface area contributed by atoms with Crippen molar-refractivity contribution in [2.45, 2.75) is 19.4 Å². The molecule has 0 radical (unpaired) electrons. The number of nitrogens with one attached hydrogen (secondary N) is 3. The Kier molecular flexibility index (Phi) is 4.73. The van der Waals surface area contributed by atoms with Crippen molar-refractivity contribution < 1.29 is 22.0 Å². The van der Waals surface area contributed by atoms with Gasteiger partial charge < -0.3 is 15.1 Å². The van der Waals surface area contributed by atoms with Crippen molar-refractivity contribution in [1.29, 1.82) is 5.41 Å². The number of carbonyl (C=O) groups is 1. The molecular formula is C20H20FN5O4S. The predicted molar refractivity (Wildman–Crippen MR) is 113 cm³/mol. The lowest BCUT2D eigenvalue weighted by molar-refractivity contribution is 0.0992. The topological polar surface area (TPSA) is 128 Å². The Hall–Kier alpha value is -3.47. The van der Waals surface area contributed by atoms with Crippen LogP contribution < -0.4 is 10.6 Å². The Morgan fingerprint density at radius 3 is 2.77 bits per heavy atom. The molecule has 1 amide bonds. The fourth-order valence-electron chi connectivity index (χ4n) is 3.46. The highest BCUT2D eigenvalue weighted by Gasteiger charge is 2.43. The number of carbonyl (C=O) groups excluding carboxylic acids is 1. The number of aromatic nitrogens is 1. The molecule has 2 heterocycles. The van der Waals surface area contributed by atoms with Gasteiger partial charge in [-0.05, 0) is 49.7 Å². The van der Waals surface area contributed by atoms with Gasteiger partial charge in [0.1, 0.15) is 11.3 Å². The number of fused-ring (bicyclic) bond motifs is 1. The zero-order valence-electron chi connectivity index (χ0n) is 17.0. The Bertz CT molecular complexity index is 1340. The SMILES string of the molecule is Cc1ccc2nc(C(=O)Nc3ccc(F)c(C4(C)CS(=O)(=O)N(C)C(=N)N4)c3)oc2c1. The minimum absolute atomic E-state index is 0.0000787. The third kappa shape index (κ3) is 3.72.